The van der Waals surface area contributed by atoms with Gasteiger partial charge in [0, 0.05) is 13.1 Å². The topological polar surface area (TPSA) is 78.4 Å². The molecule has 0 atom stereocenters. The van der Waals surface area contributed by atoms with Crippen LogP contribution in [0.4, 0.5) is 0 Å². The van der Waals surface area contributed by atoms with E-state index in [9.17, 15) is 14.7 Å². The molecule has 0 spiro atoms. The summed E-state index contributed by atoms with van der Waals surface area (Å²) in [6, 6.07) is 6.53. The van der Waals surface area contributed by atoms with Gasteiger partial charge in [-0.1, -0.05) is 115 Å². The van der Waals surface area contributed by atoms with E-state index in [1.807, 2.05) is 0 Å². The van der Waals surface area contributed by atoms with E-state index in [0.717, 1.165) is 18.4 Å². The predicted molar refractivity (Wildman–Crippen MR) is 133 cm³/mol. The number of unbranched alkanes of at least 4 members (excludes halogenated alkanes) is 15. The lowest BCUT2D eigenvalue weighted by atomic mass is 10.0. The normalized spacial score (nSPS) is 10.8. The standard InChI is InChI=1S/C27H46N2O3/c1-2-3-4-5-6-7-8-9-10-11-12-13-14-15-16-17-22-28-26(31)27(32)29-23-24-18-20-25(30)21-19-24/h18-21,30H,2-17,22-23H2,1H3,(H,28,31)(H,29,32). The molecule has 3 N–H and O–H groups in total. The van der Waals surface area contributed by atoms with Crippen molar-refractivity contribution in [3.63, 3.8) is 0 Å². The quantitative estimate of drug-likeness (QED) is 0.170. The van der Waals surface area contributed by atoms with Crippen molar-refractivity contribution in [3.8, 4) is 5.75 Å². The Morgan fingerprint density at radius 2 is 1.03 bits per heavy atom. The molecule has 2 amide bonds. The molecule has 1 rings (SSSR count). The lowest BCUT2D eigenvalue weighted by molar-refractivity contribution is -0.139. The molecule has 5 nitrogen and oxygen atoms in total. The molecule has 0 radical (unpaired) electrons. The molecule has 1 aromatic carbocycles. The molecule has 0 aromatic heterocycles. The lowest BCUT2D eigenvalue weighted by Crippen LogP contribution is -2.39. The first-order valence-electron chi connectivity index (χ1n) is 13.0. The molecule has 0 aliphatic rings. The smallest absolute Gasteiger partial charge is 0.309 e. The molecule has 182 valence electrons. The minimum atomic E-state index is -0.616. The van der Waals surface area contributed by atoms with Crippen LogP contribution in [0.5, 0.6) is 5.75 Å². The molecular formula is C27H46N2O3. The van der Waals surface area contributed by atoms with Crippen molar-refractivity contribution in [2.24, 2.45) is 0 Å². The van der Waals surface area contributed by atoms with Gasteiger partial charge in [-0.2, -0.15) is 0 Å². The zero-order valence-electron chi connectivity index (χ0n) is 20.3. The number of amides is 2. The van der Waals surface area contributed by atoms with E-state index >= 15 is 0 Å². The molecule has 0 aliphatic heterocycles. The Morgan fingerprint density at radius 1 is 0.625 bits per heavy atom. The third-order valence-corrected chi connectivity index (χ3v) is 5.91. The average Bonchev–Trinajstić information content (AvgIpc) is 2.80. The van der Waals surface area contributed by atoms with Gasteiger partial charge in [0.25, 0.3) is 0 Å². The largest absolute Gasteiger partial charge is 0.508 e. The first kappa shape index (κ1) is 28.0. The van der Waals surface area contributed by atoms with Crippen LogP contribution in [0.25, 0.3) is 0 Å². The Kier molecular flexibility index (Phi) is 17.2. The number of nitrogens with one attached hydrogen (secondary N) is 2. The van der Waals surface area contributed by atoms with E-state index < -0.39 is 11.8 Å². The number of phenols is 1. The summed E-state index contributed by atoms with van der Waals surface area (Å²) in [6.07, 6.45) is 21.1. The van der Waals surface area contributed by atoms with E-state index in [2.05, 4.69) is 17.6 Å². The second-order valence-corrected chi connectivity index (χ2v) is 8.91. The van der Waals surface area contributed by atoms with E-state index in [4.69, 9.17) is 0 Å². The maximum Gasteiger partial charge on any atom is 0.309 e. The van der Waals surface area contributed by atoms with Crippen LogP contribution in [-0.2, 0) is 16.1 Å². The Balaban J connectivity index is 1.83. The third kappa shape index (κ3) is 15.7. The van der Waals surface area contributed by atoms with Crippen molar-refractivity contribution < 1.29 is 14.7 Å². The van der Waals surface area contributed by atoms with Gasteiger partial charge in [0.2, 0.25) is 0 Å². The third-order valence-electron chi connectivity index (χ3n) is 5.91. The number of phenolic OH excluding ortho intramolecular Hbond substituents is 1. The fourth-order valence-electron chi connectivity index (χ4n) is 3.83. The van der Waals surface area contributed by atoms with Gasteiger partial charge >= 0.3 is 11.8 Å². The summed E-state index contributed by atoms with van der Waals surface area (Å²) in [7, 11) is 0. The number of carbonyl (C=O) groups is 2. The van der Waals surface area contributed by atoms with Gasteiger partial charge in [0.15, 0.2) is 0 Å². The molecular weight excluding hydrogens is 400 g/mol. The van der Waals surface area contributed by atoms with Gasteiger partial charge in [-0.3, -0.25) is 9.59 Å². The molecule has 32 heavy (non-hydrogen) atoms. The SMILES string of the molecule is CCCCCCCCCCCCCCCCCCNC(=O)C(=O)NCc1ccc(O)cc1. The fraction of sp³-hybridized carbons (Fsp3) is 0.704. The first-order chi connectivity index (χ1) is 15.6. The van der Waals surface area contributed by atoms with E-state index in [1.54, 1.807) is 24.3 Å². The van der Waals surface area contributed by atoms with E-state index in [1.165, 1.54) is 89.9 Å². The number of carbonyl (C=O) groups excluding carboxylic acids is 2. The number of hydrogen-bond acceptors (Lipinski definition) is 3. The lowest BCUT2D eigenvalue weighted by Gasteiger charge is -2.07. The average molecular weight is 447 g/mol. The molecule has 0 heterocycles. The van der Waals surface area contributed by atoms with Crippen molar-refractivity contribution in [3.05, 3.63) is 29.8 Å². The molecule has 1 aromatic rings. The zero-order chi connectivity index (χ0) is 23.3. The van der Waals surface area contributed by atoms with Gasteiger partial charge in [0.1, 0.15) is 5.75 Å². The number of rotatable bonds is 19. The monoisotopic (exact) mass is 446 g/mol. The minimum Gasteiger partial charge on any atom is -0.508 e. The van der Waals surface area contributed by atoms with E-state index in [0.29, 0.717) is 6.54 Å². The van der Waals surface area contributed by atoms with E-state index in [-0.39, 0.29) is 12.3 Å². The summed E-state index contributed by atoms with van der Waals surface area (Å²) in [6.45, 7) is 3.08. The Labute approximate surface area is 195 Å². The van der Waals surface area contributed by atoms with Crippen molar-refractivity contribution in [2.75, 3.05) is 6.54 Å². The minimum absolute atomic E-state index is 0.177. The van der Waals surface area contributed by atoms with Crippen LogP contribution in [0.1, 0.15) is 115 Å². The Bertz CT molecular complexity index is 601. The van der Waals surface area contributed by atoms with Crippen LogP contribution in [0.2, 0.25) is 0 Å². The zero-order valence-corrected chi connectivity index (χ0v) is 20.3. The van der Waals surface area contributed by atoms with Crippen LogP contribution in [0.3, 0.4) is 0 Å². The summed E-state index contributed by atoms with van der Waals surface area (Å²) in [5, 5.41) is 14.5. The second kappa shape index (κ2) is 19.6. The van der Waals surface area contributed by atoms with Crippen molar-refractivity contribution in [1.29, 1.82) is 0 Å². The highest BCUT2D eigenvalue weighted by molar-refractivity contribution is 6.35. The summed E-state index contributed by atoms with van der Waals surface area (Å²) in [5.41, 5.74) is 0.835. The van der Waals surface area contributed by atoms with Crippen molar-refractivity contribution in [1.82, 2.24) is 10.6 Å². The van der Waals surface area contributed by atoms with Gasteiger partial charge in [0.05, 0.1) is 0 Å². The highest BCUT2D eigenvalue weighted by Gasteiger charge is 2.11. The molecule has 0 saturated heterocycles. The molecule has 0 aliphatic carbocycles. The van der Waals surface area contributed by atoms with Crippen LogP contribution < -0.4 is 10.6 Å². The maximum absolute atomic E-state index is 11.8. The van der Waals surface area contributed by atoms with Gasteiger partial charge in [-0.25, -0.2) is 0 Å². The van der Waals surface area contributed by atoms with Crippen LogP contribution >= 0.6 is 0 Å². The number of benzene rings is 1. The Morgan fingerprint density at radius 3 is 1.50 bits per heavy atom. The molecule has 5 heteroatoms. The molecule has 0 bridgehead atoms. The summed E-state index contributed by atoms with van der Waals surface area (Å²) >= 11 is 0. The maximum atomic E-state index is 11.8. The van der Waals surface area contributed by atoms with Crippen LogP contribution in [0.15, 0.2) is 24.3 Å². The van der Waals surface area contributed by atoms with Crippen LogP contribution in [-0.4, -0.2) is 23.5 Å². The fourth-order valence-corrected chi connectivity index (χ4v) is 3.83. The summed E-state index contributed by atoms with van der Waals surface area (Å²) in [5.74, 6) is -1.02. The first-order valence-corrected chi connectivity index (χ1v) is 13.0. The Hall–Kier alpha value is -2.04. The highest BCUT2D eigenvalue weighted by atomic mass is 16.3. The highest BCUT2D eigenvalue weighted by Crippen LogP contribution is 2.13. The number of hydrogen-bond donors (Lipinski definition) is 3. The molecule has 0 fully saturated rings. The molecule has 0 saturated carbocycles. The van der Waals surface area contributed by atoms with Gasteiger partial charge in [-0.15, -0.1) is 0 Å². The second-order valence-electron chi connectivity index (χ2n) is 8.91. The molecule has 0 unspecified atom stereocenters. The summed E-state index contributed by atoms with van der Waals surface area (Å²) in [4.78, 5) is 23.6. The van der Waals surface area contributed by atoms with Gasteiger partial charge < -0.3 is 15.7 Å². The predicted octanol–water partition coefficient (Wildman–Crippen LogP) is 6.39. The van der Waals surface area contributed by atoms with Crippen molar-refractivity contribution in [2.45, 2.75) is 116 Å². The number of aromatic hydroxyl groups is 1. The van der Waals surface area contributed by atoms with Gasteiger partial charge in [-0.05, 0) is 24.1 Å². The van der Waals surface area contributed by atoms with Crippen molar-refractivity contribution >= 4 is 11.8 Å². The summed E-state index contributed by atoms with van der Waals surface area (Å²) < 4.78 is 0. The van der Waals surface area contributed by atoms with Crippen LogP contribution in [0, 0.1) is 0 Å².